The summed E-state index contributed by atoms with van der Waals surface area (Å²) < 4.78 is 29.9. The van der Waals surface area contributed by atoms with Crippen molar-refractivity contribution in [2.24, 2.45) is 4.99 Å². The SMILES string of the molecule is CCOC(=O)C1=C(C)N=c2s/c(=C\c3cc(Br)c(OCC(=O)O)c(OC)c3)c(=O)n2[C@@H]1c1ccc(OC(C)C)c(OC)c1. The highest BCUT2D eigenvalue weighted by atomic mass is 79.9. The van der Waals surface area contributed by atoms with Crippen LogP contribution in [0.15, 0.2) is 55.9 Å². The Kier molecular flexibility index (Phi) is 9.97. The monoisotopic (exact) mass is 674 g/mol. The Morgan fingerprint density at radius 3 is 2.49 bits per heavy atom. The smallest absolute Gasteiger partial charge is 0.341 e. The van der Waals surface area contributed by atoms with E-state index in [2.05, 4.69) is 20.9 Å². The minimum absolute atomic E-state index is 0.0916. The summed E-state index contributed by atoms with van der Waals surface area (Å²) in [5.74, 6) is -0.225. The average molecular weight is 676 g/mol. The summed E-state index contributed by atoms with van der Waals surface area (Å²) in [5.41, 5.74) is 1.51. The summed E-state index contributed by atoms with van der Waals surface area (Å²) in [5, 5.41) is 8.99. The molecule has 0 saturated heterocycles. The molecule has 1 N–H and O–H groups in total. The second kappa shape index (κ2) is 13.5. The fourth-order valence-corrected chi connectivity index (χ4v) is 6.18. The van der Waals surface area contributed by atoms with Crippen molar-refractivity contribution in [3.8, 4) is 23.0 Å². The Bertz CT molecular complexity index is 1770. The Morgan fingerprint density at radius 1 is 1.14 bits per heavy atom. The van der Waals surface area contributed by atoms with Gasteiger partial charge in [-0.05, 0) is 85.1 Å². The molecule has 1 aromatic heterocycles. The molecule has 0 bridgehead atoms. The lowest BCUT2D eigenvalue weighted by Crippen LogP contribution is -2.40. The molecule has 13 heteroatoms. The van der Waals surface area contributed by atoms with E-state index in [1.807, 2.05) is 13.8 Å². The number of rotatable bonds is 11. The number of halogens is 1. The number of allylic oxidation sites excluding steroid dienone is 1. The fraction of sp³-hybridized carbons (Fsp3) is 0.333. The van der Waals surface area contributed by atoms with Crippen LogP contribution in [0.25, 0.3) is 6.08 Å². The van der Waals surface area contributed by atoms with Gasteiger partial charge in [0.05, 0.1) is 53.2 Å². The Balaban J connectivity index is 1.90. The van der Waals surface area contributed by atoms with Crippen LogP contribution >= 0.6 is 27.3 Å². The van der Waals surface area contributed by atoms with Gasteiger partial charge in [-0.3, -0.25) is 9.36 Å². The Morgan fingerprint density at radius 2 is 1.86 bits per heavy atom. The number of carboxylic acid groups (broad SMARTS) is 1. The molecule has 0 radical (unpaired) electrons. The third-order valence-corrected chi connectivity index (χ3v) is 7.84. The number of benzene rings is 2. The standard InChI is InChI=1S/C30H31BrN2O9S/c1-7-40-29(37)25-16(4)32-30-33(26(25)18-8-9-20(42-15(2)3)21(13-18)38-5)28(36)23(43-30)12-17-10-19(31)27(22(11-17)39-6)41-14-24(34)35/h8-13,15,26H,7,14H2,1-6H3,(H,34,35)/b23-12-/t26-/m1/s1. The largest absolute Gasteiger partial charge is 0.493 e. The van der Waals surface area contributed by atoms with Gasteiger partial charge in [-0.15, -0.1) is 0 Å². The van der Waals surface area contributed by atoms with Crippen molar-refractivity contribution in [1.29, 1.82) is 0 Å². The third-order valence-electron chi connectivity index (χ3n) is 6.27. The highest BCUT2D eigenvalue weighted by Gasteiger charge is 2.34. The minimum Gasteiger partial charge on any atom is -0.493 e. The summed E-state index contributed by atoms with van der Waals surface area (Å²) in [7, 11) is 2.95. The molecule has 228 valence electrons. The van der Waals surface area contributed by atoms with Gasteiger partial charge in [-0.25, -0.2) is 14.6 Å². The van der Waals surface area contributed by atoms with E-state index in [1.54, 1.807) is 50.3 Å². The number of hydrogen-bond donors (Lipinski definition) is 1. The molecular formula is C30H31BrN2O9S. The van der Waals surface area contributed by atoms with Gasteiger partial charge in [0.25, 0.3) is 5.56 Å². The Labute approximate surface area is 259 Å². The molecule has 0 unspecified atom stereocenters. The molecular weight excluding hydrogens is 644 g/mol. The van der Waals surface area contributed by atoms with E-state index in [-0.39, 0.29) is 35.3 Å². The third kappa shape index (κ3) is 6.78. The van der Waals surface area contributed by atoms with E-state index in [9.17, 15) is 14.4 Å². The first-order valence-corrected chi connectivity index (χ1v) is 14.9. The number of aliphatic carboxylic acids is 1. The van der Waals surface area contributed by atoms with Gasteiger partial charge in [-0.1, -0.05) is 17.4 Å². The average Bonchev–Trinajstić information content (AvgIpc) is 3.25. The molecule has 0 amide bonds. The van der Waals surface area contributed by atoms with E-state index in [0.717, 1.165) is 0 Å². The number of methoxy groups -OCH3 is 2. The predicted octanol–water partition coefficient (Wildman–Crippen LogP) is 3.83. The van der Waals surface area contributed by atoms with Crippen molar-refractivity contribution in [3.05, 3.63) is 76.9 Å². The van der Waals surface area contributed by atoms with Crippen molar-refractivity contribution >= 4 is 45.3 Å². The molecule has 1 aliphatic rings. The molecule has 2 heterocycles. The Hall–Kier alpha value is -4.10. The second-order valence-corrected chi connectivity index (χ2v) is 11.5. The van der Waals surface area contributed by atoms with Crippen LogP contribution in [0.2, 0.25) is 0 Å². The summed E-state index contributed by atoms with van der Waals surface area (Å²) in [4.78, 5) is 43.2. The highest BCUT2D eigenvalue weighted by molar-refractivity contribution is 9.10. The van der Waals surface area contributed by atoms with Crippen LogP contribution in [-0.2, 0) is 14.3 Å². The number of carbonyl (C=O) groups is 2. The lowest BCUT2D eigenvalue weighted by molar-refractivity contribution is -0.140. The summed E-state index contributed by atoms with van der Waals surface area (Å²) in [6.45, 7) is 6.83. The zero-order chi connectivity index (χ0) is 31.4. The van der Waals surface area contributed by atoms with Gasteiger partial charge < -0.3 is 28.8 Å². The van der Waals surface area contributed by atoms with Crippen molar-refractivity contribution in [2.45, 2.75) is 39.8 Å². The van der Waals surface area contributed by atoms with Gasteiger partial charge in [0, 0.05) is 0 Å². The molecule has 0 aliphatic carbocycles. The molecule has 1 aliphatic heterocycles. The van der Waals surface area contributed by atoms with Crippen LogP contribution in [0.5, 0.6) is 23.0 Å². The molecule has 0 spiro atoms. The number of esters is 1. The van der Waals surface area contributed by atoms with Gasteiger partial charge >= 0.3 is 11.9 Å². The van der Waals surface area contributed by atoms with Gasteiger partial charge in [0.15, 0.2) is 34.4 Å². The van der Waals surface area contributed by atoms with Crippen molar-refractivity contribution < 1.29 is 38.4 Å². The number of thiazole rings is 1. The number of ether oxygens (including phenoxy) is 5. The van der Waals surface area contributed by atoms with Crippen LogP contribution < -0.4 is 33.8 Å². The van der Waals surface area contributed by atoms with E-state index >= 15 is 0 Å². The van der Waals surface area contributed by atoms with Gasteiger partial charge in [-0.2, -0.15) is 0 Å². The lowest BCUT2D eigenvalue weighted by atomic mass is 9.95. The molecule has 0 fully saturated rings. The first-order valence-electron chi connectivity index (χ1n) is 13.2. The first-order chi connectivity index (χ1) is 20.5. The molecule has 11 nitrogen and oxygen atoms in total. The van der Waals surface area contributed by atoms with Crippen molar-refractivity contribution in [3.63, 3.8) is 0 Å². The van der Waals surface area contributed by atoms with Crippen molar-refractivity contribution in [2.75, 3.05) is 27.4 Å². The molecule has 3 aromatic rings. The van der Waals surface area contributed by atoms with E-state index < -0.39 is 24.6 Å². The molecule has 1 atom stereocenters. The second-order valence-electron chi connectivity index (χ2n) is 9.60. The number of hydrogen-bond acceptors (Lipinski definition) is 10. The number of fused-ring (bicyclic) bond motifs is 1. The topological polar surface area (TPSA) is 135 Å². The van der Waals surface area contributed by atoms with Crippen LogP contribution in [-0.4, -0.2) is 55.1 Å². The maximum absolute atomic E-state index is 14.0. The number of carbonyl (C=O) groups excluding carboxylic acids is 1. The van der Waals surface area contributed by atoms with Crippen LogP contribution in [0.3, 0.4) is 0 Å². The first kappa shape index (κ1) is 31.8. The predicted molar refractivity (Wildman–Crippen MR) is 163 cm³/mol. The maximum atomic E-state index is 14.0. The van der Waals surface area contributed by atoms with Crippen molar-refractivity contribution in [1.82, 2.24) is 4.57 Å². The lowest BCUT2D eigenvalue weighted by Gasteiger charge is -2.25. The van der Waals surface area contributed by atoms with E-state index in [1.165, 1.54) is 30.1 Å². The molecule has 2 aromatic carbocycles. The van der Waals surface area contributed by atoms with Gasteiger partial charge in [0.1, 0.15) is 0 Å². The van der Waals surface area contributed by atoms with Crippen LogP contribution in [0, 0.1) is 0 Å². The highest BCUT2D eigenvalue weighted by Crippen LogP contribution is 2.38. The van der Waals surface area contributed by atoms with E-state index in [4.69, 9.17) is 28.8 Å². The summed E-state index contributed by atoms with van der Waals surface area (Å²) in [6, 6.07) is 7.76. The van der Waals surface area contributed by atoms with Gasteiger partial charge in [0.2, 0.25) is 0 Å². The minimum atomic E-state index is -1.13. The number of carboxylic acids is 1. The number of nitrogens with zero attached hydrogens (tertiary/aromatic N) is 2. The van der Waals surface area contributed by atoms with Crippen LogP contribution in [0.1, 0.15) is 44.9 Å². The normalized spacial score (nSPS) is 14.7. The molecule has 43 heavy (non-hydrogen) atoms. The zero-order valence-corrected chi connectivity index (χ0v) is 26.8. The fourth-order valence-electron chi connectivity index (χ4n) is 4.56. The zero-order valence-electron chi connectivity index (χ0n) is 24.4. The maximum Gasteiger partial charge on any atom is 0.341 e. The molecule has 0 saturated carbocycles. The quantitative estimate of drug-likeness (QED) is 0.301. The van der Waals surface area contributed by atoms with Crippen LogP contribution in [0.4, 0.5) is 0 Å². The molecule has 4 rings (SSSR count). The number of aromatic nitrogens is 1. The summed E-state index contributed by atoms with van der Waals surface area (Å²) in [6.07, 6.45) is 1.57. The van der Waals surface area contributed by atoms with E-state index in [0.29, 0.717) is 42.1 Å². The summed E-state index contributed by atoms with van der Waals surface area (Å²) >= 11 is 4.57.